The van der Waals surface area contributed by atoms with E-state index in [0.29, 0.717) is 0 Å². The summed E-state index contributed by atoms with van der Waals surface area (Å²) in [6.45, 7) is 10.1. The molecule has 0 atom stereocenters. The van der Waals surface area contributed by atoms with Gasteiger partial charge in [0, 0.05) is 33.2 Å². The van der Waals surface area contributed by atoms with Gasteiger partial charge in [-0.1, -0.05) is 115 Å². The summed E-state index contributed by atoms with van der Waals surface area (Å²) < 4.78 is 4.71. The van der Waals surface area contributed by atoms with Crippen molar-refractivity contribution in [1.82, 2.24) is 9.13 Å². The van der Waals surface area contributed by atoms with Crippen LogP contribution in [0.15, 0.2) is 170 Å². The molecular formula is C46H40N2. The molecule has 6 aromatic rings. The standard InChI is InChI=1S/C46H40N2/c1-5-7-9-15-34(4)47-41(17-10-8-6-2)31-39-30-37(24-28-44(39)47)38-25-29-46-43(32-38)42-18-11-12-19-45(42)48(46)40-26-22-36(23-27-40)35-16-13-14-33(3)20-21-35/h5-15,17-32H,1,16H2,2-4H3/b8-6-,9-7-,17-10-,34-15+. The fourth-order valence-corrected chi connectivity index (χ4v) is 6.74. The second kappa shape index (κ2) is 13.5. The van der Waals surface area contributed by atoms with E-state index < -0.39 is 0 Å². The van der Waals surface area contributed by atoms with Gasteiger partial charge in [-0.15, -0.1) is 0 Å². The Kier molecular flexibility index (Phi) is 8.64. The minimum atomic E-state index is 0.944. The molecule has 0 aliphatic heterocycles. The Labute approximate surface area is 283 Å². The van der Waals surface area contributed by atoms with E-state index in [0.717, 1.165) is 17.8 Å². The monoisotopic (exact) mass is 620 g/mol. The highest BCUT2D eigenvalue weighted by atomic mass is 15.0. The number of hydrogen-bond donors (Lipinski definition) is 0. The molecule has 4 aromatic carbocycles. The zero-order valence-electron chi connectivity index (χ0n) is 27.9. The molecule has 7 rings (SSSR count). The predicted molar refractivity (Wildman–Crippen MR) is 210 cm³/mol. The first-order valence-corrected chi connectivity index (χ1v) is 16.7. The smallest absolute Gasteiger partial charge is 0.0541 e. The van der Waals surface area contributed by atoms with Crippen molar-refractivity contribution >= 4 is 50.1 Å². The summed E-state index contributed by atoms with van der Waals surface area (Å²) in [6, 6.07) is 33.8. The number of para-hydroxylation sites is 1. The van der Waals surface area contributed by atoms with Crippen molar-refractivity contribution in [2.75, 3.05) is 0 Å². The van der Waals surface area contributed by atoms with E-state index in [-0.39, 0.29) is 0 Å². The van der Waals surface area contributed by atoms with Crippen LogP contribution in [0.25, 0.3) is 66.9 Å². The zero-order valence-corrected chi connectivity index (χ0v) is 27.9. The van der Waals surface area contributed by atoms with Gasteiger partial charge in [0.2, 0.25) is 0 Å². The van der Waals surface area contributed by atoms with Gasteiger partial charge in [0.25, 0.3) is 0 Å². The molecule has 0 saturated carbocycles. The van der Waals surface area contributed by atoms with Crippen molar-refractivity contribution in [2.45, 2.75) is 27.2 Å². The predicted octanol–water partition coefficient (Wildman–Crippen LogP) is 12.9. The molecule has 2 aromatic heterocycles. The summed E-state index contributed by atoms with van der Waals surface area (Å²) in [6.07, 6.45) is 26.1. The third-order valence-corrected chi connectivity index (χ3v) is 9.11. The number of allylic oxidation sites excluding steroid dienone is 14. The summed E-state index contributed by atoms with van der Waals surface area (Å²) in [5.41, 5.74) is 13.4. The van der Waals surface area contributed by atoms with Gasteiger partial charge in [0.05, 0.1) is 16.6 Å². The molecule has 1 aliphatic rings. The second-order valence-electron chi connectivity index (χ2n) is 12.3. The molecule has 48 heavy (non-hydrogen) atoms. The number of aromatic nitrogens is 2. The molecule has 0 amide bonds. The fraction of sp³-hybridized carbons (Fsp3) is 0.0870. The molecule has 2 nitrogen and oxygen atoms in total. The van der Waals surface area contributed by atoms with E-state index in [1.165, 1.54) is 66.2 Å². The number of benzene rings is 4. The van der Waals surface area contributed by atoms with Gasteiger partial charge in [0.15, 0.2) is 0 Å². The van der Waals surface area contributed by atoms with Crippen LogP contribution in [0.2, 0.25) is 0 Å². The average Bonchev–Trinajstić information content (AvgIpc) is 3.55. The lowest BCUT2D eigenvalue weighted by Crippen LogP contribution is -1.95. The minimum Gasteiger partial charge on any atom is -0.314 e. The van der Waals surface area contributed by atoms with Gasteiger partial charge < -0.3 is 9.13 Å². The van der Waals surface area contributed by atoms with E-state index in [2.05, 4.69) is 169 Å². The van der Waals surface area contributed by atoms with Crippen LogP contribution in [0.4, 0.5) is 0 Å². The molecule has 2 heterocycles. The molecule has 0 N–H and O–H groups in total. The average molecular weight is 621 g/mol. The Bertz CT molecular complexity index is 2390. The van der Waals surface area contributed by atoms with Crippen LogP contribution in [0.3, 0.4) is 0 Å². The molecule has 0 bridgehead atoms. The van der Waals surface area contributed by atoms with E-state index in [9.17, 15) is 0 Å². The van der Waals surface area contributed by atoms with Crippen LogP contribution in [-0.2, 0) is 0 Å². The first-order valence-electron chi connectivity index (χ1n) is 16.7. The van der Waals surface area contributed by atoms with Crippen LogP contribution in [0.5, 0.6) is 0 Å². The van der Waals surface area contributed by atoms with E-state index in [1.807, 2.05) is 25.2 Å². The maximum atomic E-state index is 3.80. The Balaban J connectivity index is 1.31. The van der Waals surface area contributed by atoms with Crippen molar-refractivity contribution in [2.24, 2.45) is 0 Å². The van der Waals surface area contributed by atoms with Gasteiger partial charge in [-0.2, -0.15) is 0 Å². The summed E-state index contributed by atoms with van der Waals surface area (Å²) in [5.74, 6) is 0. The van der Waals surface area contributed by atoms with Crippen LogP contribution in [-0.4, -0.2) is 9.13 Å². The maximum Gasteiger partial charge on any atom is 0.0541 e. The van der Waals surface area contributed by atoms with Crippen LogP contribution >= 0.6 is 0 Å². The van der Waals surface area contributed by atoms with Crippen LogP contribution in [0, 0.1) is 0 Å². The van der Waals surface area contributed by atoms with Gasteiger partial charge in [-0.25, -0.2) is 0 Å². The Hall–Kier alpha value is -5.86. The van der Waals surface area contributed by atoms with Crippen molar-refractivity contribution in [1.29, 1.82) is 0 Å². The Morgan fingerprint density at radius 3 is 2.29 bits per heavy atom. The third-order valence-electron chi connectivity index (χ3n) is 9.11. The highest BCUT2D eigenvalue weighted by Gasteiger charge is 2.15. The highest BCUT2D eigenvalue weighted by molar-refractivity contribution is 6.10. The van der Waals surface area contributed by atoms with E-state index in [1.54, 1.807) is 6.08 Å². The van der Waals surface area contributed by atoms with E-state index >= 15 is 0 Å². The second-order valence-corrected chi connectivity index (χ2v) is 12.3. The molecule has 1 aliphatic carbocycles. The van der Waals surface area contributed by atoms with Gasteiger partial charge in [-0.3, -0.25) is 0 Å². The molecule has 0 radical (unpaired) electrons. The van der Waals surface area contributed by atoms with Crippen LogP contribution in [0.1, 0.15) is 38.4 Å². The van der Waals surface area contributed by atoms with Gasteiger partial charge >= 0.3 is 0 Å². The Morgan fingerprint density at radius 1 is 0.729 bits per heavy atom. The number of fused-ring (bicyclic) bond motifs is 4. The number of rotatable bonds is 8. The lowest BCUT2D eigenvalue weighted by Gasteiger charge is -2.11. The molecule has 0 saturated heterocycles. The lowest BCUT2D eigenvalue weighted by molar-refractivity contribution is 1.13. The summed E-state index contributed by atoms with van der Waals surface area (Å²) >= 11 is 0. The third kappa shape index (κ3) is 5.89. The maximum absolute atomic E-state index is 3.80. The molecular weight excluding hydrogens is 581 g/mol. The highest BCUT2D eigenvalue weighted by Crippen LogP contribution is 2.37. The molecule has 2 heteroatoms. The summed E-state index contributed by atoms with van der Waals surface area (Å²) in [4.78, 5) is 0. The minimum absolute atomic E-state index is 0.944. The first kappa shape index (κ1) is 30.8. The largest absolute Gasteiger partial charge is 0.314 e. The summed E-state index contributed by atoms with van der Waals surface area (Å²) in [5, 5.41) is 3.72. The van der Waals surface area contributed by atoms with Crippen LogP contribution < -0.4 is 0 Å². The number of hydrogen-bond acceptors (Lipinski definition) is 0. The van der Waals surface area contributed by atoms with Gasteiger partial charge in [0.1, 0.15) is 0 Å². The Morgan fingerprint density at radius 2 is 1.48 bits per heavy atom. The number of nitrogens with zero attached hydrogens (tertiary/aromatic N) is 2. The normalized spacial score (nSPS) is 14.2. The topological polar surface area (TPSA) is 9.86 Å². The fourth-order valence-electron chi connectivity index (χ4n) is 6.74. The quantitative estimate of drug-likeness (QED) is 0.150. The van der Waals surface area contributed by atoms with Gasteiger partial charge in [-0.05, 0) is 110 Å². The van der Waals surface area contributed by atoms with Crippen molar-refractivity contribution in [3.05, 3.63) is 181 Å². The zero-order chi connectivity index (χ0) is 33.0. The van der Waals surface area contributed by atoms with Crippen molar-refractivity contribution < 1.29 is 0 Å². The lowest BCUT2D eigenvalue weighted by atomic mass is 10.0. The molecule has 234 valence electrons. The molecule has 0 fully saturated rings. The van der Waals surface area contributed by atoms with Crippen molar-refractivity contribution in [3.63, 3.8) is 0 Å². The summed E-state index contributed by atoms with van der Waals surface area (Å²) in [7, 11) is 0. The first-order chi connectivity index (χ1) is 23.6. The van der Waals surface area contributed by atoms with E-state index in [4.69, 9.17) is 0 Å². The molecule has 0 spiro atoms. The SMILES string of the molecule is C=C/C=C\C=C(/C)n1c(/C=C\C=C/C)cc2cc(-c3ccc4c(c3)c3ccccc3n4-c3ccc(C4=CC=C(C)C=CC4)cc3)ccc21. The molecule has 0 unspecified atom stereocenters. The van der Waals surface area contributed by atoms with Crippen molar-refractivity contribution in [3.8, 4) is 16.8 Å².